The van der Waals surface area contributed by atoms with Crippen molar-refractivity contribution in [1.82, 2.24) is 0 Å². The van der Waals surface area contributed by atoms with Crippen molar-refractivity contribution in [2.24, 2.45) is 23.5 Å². The monoisotopic (exact) mass is 199 g/mol. The van der Waals surface area contributed by atoms with E-state index in [1.165, 1.54) is 7.11 Å². The lowest BCUT2D eigenvalue weighted by Gasteiger charge is -2.35. The summed E-state index contributed by atoms with van der Waals surface area (Å²) in [4.78, 5) is 22.2. The number of carboxylic acid groups (broad SMARTS) is 1. The largest absolute Gasteiger partial charge is 0.481 e. The molecule has 2 bridgehead atoms. The van der Waals surface area contributed by atoms with Crippen molar-refractivity contribution >= 4 is 11.9 Å². The van der Waals surface area contributed by atoms with E-state index in [9.17, 15) is 9.59 Å². The molecular weight excluding hydrogens is 186 g/mol. The second-order valence-corrected chi connectivity index (χ2v) is 4.20. The normalized spacial score (nSPS) is 44.3. The highest BCUT2D eigenvalue weighted by molar-refractivity contribution is 5.85. The Kier molecular flexibility index (Phi) is 1.82. The molecule has 3 N–H and O–H groups in total. The van der Waals surface area contributed by atoms with Gasteiger partial charge in [-0.2, -0.15) is 0 Å². The zero-order valence-corrected chi connectivity index (χ0v) is 7.90. The Balaban J connectivity index is 2.20. The number of ether oxygens (including phenoxy) is 1. The van der Waals surface area contributed by atoms with Crippen molar-refractivity contribution in [1.29, 1.82) is 0 Å². The number of nitrogens with two attached hydrogens (primary N) is 1. The fraction of sp³-hybridized carbons (Fsp3) is 0.778. The van der Waals surface area contributed by atoms with Crippen LogP contribution in [0.5, 0.6) is 0 Å². The highest BCUT2D eigenvalue weighted by Gasteiger charge is 2.66. The van der Waals surface area contributed by atoms with Gasteiger partial charge in [-0.05, 0) is 18.8 Å². The number of esters is 1. The maximum atomic E-state index is 11.4. The molecule has 78 valence electrons. The lowest BCUT2D eigenvalue weighted by molar-refractivity contribution is -0.153. The SMILES string of the molecule is COC(=O)C1(N)CC2CC1C2C(=O)O. The molecule has 4 atom stereocenters. The summed E-state index contributed by atoms with van der Waals surface area (Å²) in [6, 6.07) is 0. The number of hydrogen-bond donors (Lipinski definition) is 2. The van der Waals surface area contributed by atoms with Crippen molar-refractivity contribution in [2.45, 2.75) is 18.4 Å². The maximum Gasteiger partial charge on any atom is 0.326 e. The minimum atomic E-state index is -1.05. The molecule has 0 aromatic heterocycles. The summed E-state index contributed by atoms with van der Waals surface area (Å²) < 4.78 is 4.61. The van der Waals surface area contributed by atoms with Crippen LogP contribution in [0.25, 0.3) is 0 Å². The smallest absolute Gasteiger partial charge is 0.326 e. The quantitative estimate of drug-likeness (QED) is 0.590. The Morgan fingerprint density at radius 2 is 2.21 bits per heavy atom. The van der Waals surface area contributed by atoms with Crippen LogP contribution in [0.2, 0.25) is 0 Å². The third kappa shape index (κ3) is 0.930. The molecule has 3 saturated carbocycles. The molecule has 4 unspecified atom stereocenters. The van der Waals surface area contributed by atoms with Gasteiger partial charge < -0.3 is 15.6 Å². The lowest BCUT2D eigenvalue weighted by Crippen LogP contribution is -2.53. The van der Waals surface area contributed by atoms with Gasteiger partial charge >= 0.3 is 11.9 Å². The topological polar surface area (TPSA) is 89.6 Å². The average Bonchev–Trinajstić information content (AvgIpc) is 2.54. The molecule has 5 nitrogen and oxygen atoms in total. The summed E-state index contributed by atoms with van der Waals surface area (Å²) in [5.74, 6) is -1.95. The summed E-state index contributed by atoms with van der Waals surface area (Å²) in [7, 11) is 1.28. The molecule has 0 spiro atoms. The van der Waals surface area contributed by atoms with Crippen LogP contribution in [0.4, 0.5) is 0 Å². The van der Waals surface area contributed by atoms with Gasteiger partial charge in [0, 0.05) is 5.92 Å². The van der Waals surface area contributed by atoms with Gasteiger partial charge in [-0.15, -0.1) is 0 Å². The number of methoxy groups -OCH3 is 1. The number of fused-ring (bicyclic) bond motifs is 1. The van der Waals surface area contributed by atoms with Gasteiger partial charge in [0.1, 0.15) is 5.54 Å². The first kappa shape index (κ1) is 9.45. The summed E-state index contributed by atoms with van der Waals surface area (Å²) >= 11 is 0. The van der Waals surface area contributed by atoms with Gasteiger partial charge in [-0.25, -0.2) is 0 Å². The van der Waals surface area contributed by atoms with Crippen molar-refractivity contribution < 1.29 is 19.4 Å². The highest BCUT2D eigenvalue weighted by atomic mass is 16.5. The van der Waals surface area contributed by atoms with Crippen LogP contribution in [-0.2, 0) is 14.3 Å². The predicted molar refractivity (Wildman–Crippen MR) is 46.3 cm³/mol. The molecule has 0 radical (unpaired) electrons. The van der Waals surface area contributed by atoms with Gasteiger partial charge in [0.2, 0.25) is 0 Å². The number of hydrogen-bond acceptors (Lipinski definition) is 4. The third-order valence-corrected chi connectivity index (χ3v) is 3.61. The van der Waals surface area contributed by atoms with E-state index in [0.29, 0.717) is 6.42 Å². The fourth-order valence-corrected chi connectivity index (χ4v) is 2.88. The molecule has 3 aliphatic rings. The molecule has 0 amide bonds. The van der Waals surface area contributed by atoms with E-state index in [1.807, 2.05) is 0 Å². The minimum Gasteiger partial charge on any atom is -0.481 e. The summed E-state index contributed by atoms with van der Waals surface area (Å²) in [5.41, 5.74) is 4.84. The number of carbonyl (C=O) groups is 2. The first-order valence-electron chi connectivity index (χ1n) is 4.61. The molecule has 0 saturated heterocycles. The Hall–Kier alpha value is -1.10. The number of carboxylic acids is 1. The van der Waals surface area contributed by atoms with Crippen LogP contribution in [0.15, 0.2) is 0 Å². The van der Waals surface area contributed by atoms with E-state index < -0.39 is 23.4 Å². The van der Waals surface area contributed by atoms with Crippen molar-refractivity contribution in [2.75, 3.05) is 7.11 Å². The summed E-state index contributed by atoms with van der Waals surface area (Å²) in [6.07, 6.45) is 1.18. The molecule has 5 heteroatoms. The van der Waals surface area contributed by atoms with Crippen LogP contribution >= 0.6 is 0 Å². The van der Waals surface area contributed by atoms with Crippen molar-refractivity contribution in [3.05, 3.63) is 0 Å². The van der Waals surface area contributed by atoms with Gasteiger partial charge in [0.05, 0.1) is 13.0 Å². The highest BCUT2D eigenvalue weighted by Crippen LogP contribution is 2.58. The van der Waals surface area contributed by atoms with Gasteiger partial charge in [0.15, 0.2) is 0 Å². The van der Waals surface area contributed by atoms with Gasteiger partial charge in [-0.3, -0.25) is 9.59 Å². The van der Waals surface area contributed by atoms with E-state index in [1.54, 1.807) is 0 Å². The first-order chi connectivity index (χ1) is 6.50. The third-order valence-electron chi connectivity index (χ3n) is 3.61. The van der Waals surface area contributed by atoms with Crippen LogP contribution in [0.3, 0.4) is 0 Å². The fourth-order valence-electron chi connectivity index (χ4n) is 2.88. The Morgan fingerprint density at radius 1 is 1.57 bits per heavy atom. The van der Waals surface area contributed by atoms with E-state index in [2.05, 4.69) is 4.74 Å². The Morgan fingerprint density at radius 3 is 2.64 bits per heavy atom. The van der Waals surface area contributed by atoms with Gasteiger partial charge in [0.25, 0.3) is 0 Å². The van der Waals surface area contributed by atoms with E-state index in [4.69, 9.17) is 10.8 Å². The number of rotatable bonds is 2. The number of carbonyl (C=O) groups excluding carboxylic acids is 1. The molecule has 3 fully saturated rings. The second kappa shape index (κ2) is 2.70. The molecule has 0 aliphatic heterocycles. The molecule has 0 aromatic rings. The standard InChI is InChI=1S/C9H13NO4/c1-14-8(13)9(10)3-4-2-5(9)6(4)7(11)12/h4-6H,2-3,10H2,1H3,(H,11,12). The van der Waals surface area contributed by atoms with Crippen molar-refractivity contribution in [3.8, 4) is 0 Å². The first-order valence-corrected chi connectivity index (χ1v) is 4.61. The summed E-state index contributed by atoms with van der Waals surface area (Å²) in [6.45, 7) is 0. The van der Waals surface area contributed by atoms with Gasteiger partial charge in [-0.1, -0.05) is 0 Å². The second-order valence-electron chi connectivity index (χ2n) is 4.20. The van der Waals surface area contributed by atoms with E-state index in [-0.39, 0.29) is 11.8 Å². The van der Waals surface area contributed by atoms with Crippen LogP contribution in [0, 0.1) is 17.8 Å². The lowest BCUT2D eigenvalue weighted by atomic mass is 9.69. The zero-order chi connectivity index (χ0) is 10.5. The zero-order valence-electron chi connectivity index (χ0n) is 7.90. The van der Waals surface area contributed by atoms with E-state index in [0.717, 1.165) is 6.42 Å². The molecule has 3 rings (SSSR count). The number of aliphatic carboxylic acids is 1. The van der Waals surface area contributed by atoms with E-state index >= 15 is 0 Å². The van der Waals surface area contributed by atoms with Crippen LogP contribution < -0.4 is 5.73 Å². The molecule has 0 aromatic carbocycles. The predicted octanol–water partition coefficient (Wildman–Crippen LogP) is -0.402. The minimum absolute atomic E-state index is 0.0570. The molecule has 0 heterocycles. The molecular formula is C9H13NO4. The molecule has 3 aliphatic carbocycles. The van der Waals surface area contributed by atoms with Crippen LogP contribution in [0.1, 0.15) is 12.8 Å². The Labute approximate surface area is 81.2 Å². The summed E-state index contributed by atoms with van der Waals surface area (Å²) in [5, 5.41) is 8.89. The Bertz CT molecular complexity index is 303. The maximum absolute atomic E-state index is 11.4. The average molecular weight is 199 g/mol. The molecule has 14 heavy (non-hydrogen) atoms. The van der Waals surface area contributed by atoms with Crippen LogP contribution in [-0.4, -0.2) is 29.7 Å². The van der Waals surface area contributed by atoms with Crippen molar-refractivity contribution in [3.63, 3.8) is 0 Å².